The van der Waals surface area contributed by atoms with E-state index in [1.54, 1.807) is 0 Å². The highest BCUT2D eigenvalue weighted by atomic mass is 28.4. The zero-order chi connectivity index (χ0) is 22.7. The maximum Gasteiger partial charge on any atom is 0.193 e. The van der Waals surface area contributed by atoms with Crippen molar-refractivity contribution in [3.8, 4) is 0 Å². The summed E-state index contributed by atoms with van der Waals surface area (Å²) >= 11 is 0. The molecule has 0 N–H and O–H groups in total. The number of carbonyl (C=O) groups excluding carboxylic acids is 1. The largest absolute Gasteiger partial charge is 0.498 e. The molecule has 0 saturated heterocycles. The number of ether oxygens (including phenoxy) is 1. The van der Waals surface area contributed by atoms with Crippen LogP contribution in [0.3, 0.4) is 0 Å². The Labute approximate surface area is 186 Å². The van der Waals surface area contributed by atoms with Crippen molar-refractivity contribution in [1.82, 2.24) is 0 Å². The average Bonchev–Trinajstić information content (AvgIpc) is 2.62. The summed E-state index contributed by atoms with van der Waals surface area (Å²) in [6.07, 6.45) is 11.0. The van der Waals surface area contributed by atoms with Gasteiger partial charge in [0.05, 0.1) is 18.3 Å². The van der Waals surface area contributed by atoms with E-state index in [1.807, 2.05) is 6.92 Å². The maximum absolute atomic E-state index is 14.1. The molecule has 3 atom stereocenters. The summed E-state index contributed by atoms with van der Waals surface area (Å²) in [5.41, 5.74) is 1.79. The van der Waals surface area contributed by atoms with Crippen LogP contribution in [0.1, 0.15) is 80.6 Å². The fraction of sp³-hybridized carbons (Fsp3) is 0.731. The van der Waals surface area contributed by atoms with E-state index < -0.39 is 8.32 Å². The molecular formula is C26H44O3Si. The van der Waals surface area contributed by atoms with E-state index in [1.165, 1.54) is 5.57 Å². The zero-order valence-electron chi connectivity index (χ0n) is 20.9. The molecule has 0 fully saturated rings. The topological polar surface area (TPSA) is 35.5 Å². The first-order chi connectivity index (χ1) is 13.8. The molecule has 0 aromatic rings. The van der Waals surface area contributed by atoms with Crippen molar-refractivity contribution in [2.45, 2.75) is 105 Å². The number of fused-ring (bicyclic) bond motifs is 2. The van der Waals surface area contributed by atoms with Crippen LogP contribution >= 0.6 is 0 Å². The van der Waals surface area contributed by atoms with Gasteiger partial charge in [0.1, 0.15) is 5.76 Å². The van der Waals surface area contributed by atoms with E-state index in [4.69, 9.17) is 9.16 Å². The molecule has 4 heteroatoms. The van der Waals surface area contributed by atoms with Crippen molar-refractivity contribution < 1.29 is 14.0 Å². The summed E-state index contributed by atoms with van der Waals surface area (Å²) in [5.74, 6) is 1.33. The molecule has 1 unspecified atom stereocenters. The lowest BCUT2D eigenvalue weighted by atomic mass is 9.63. The lowest BCUT2D eigenvalue weighted by Crippen LogP contribution is -2.48. The van der Waals surface area contributed by atoms with Crippen molar-refractivity contribution >= 4 is 14.1 Å². The predicted molar refractivity (Wildman–Crippen MR) is 129 cm³/mol. The van der Waals surface area contributed by atoms with Gasteiger partial charge in [0.15, 0.2) is 14.1 Å². The normalized spacial score (nSPS) is 32.0. The first-order valence-electron chi connectivity index (χ1n) is 11.7. The smallest absolute Gasteiger partial charge is 0.193 e. The Morgan fingerprint density at radius 1 is 1.23 bits per heavy atom. The van der Waals surface area contributed by atoms with Gasteiger partial charge in [0, 0.05) is 11.8 Å². The number of ketones is 1. The molecule has 2 rings (SSSR count). The molecule has 0 amide bonds. The minimum Gasteiger partial charge on any atom is -0.498 e. The number of allylic oxidation sites excluding steroid dienone is 4. The van der Waals surface area contributed by atoms with Crippen LogP contribution in [-0.4, -0.2) is 26.8 Å². The summed E-state index contributed by atoms with van der Waals surface area (Å²) in [6.45, 7) is 20.4. The Balaban J connectivity index is 2.61. The van der Waals surface area contributed by atoms with Gasteiger partial charge < -0.3 is 9.16 Å². The Hall–Kier alpha value is -1.13. The summed E-state index contributed by atoms with van der Waals surface area (Å²) in [5, 5.41) is 0.0744. The summed E-state index contributed by atoms with van der Waals surface area (Å²) < 4.78 is 12.9. The average molecular weight is 433 g/mol. The molecule has 3 nitrogen and oxygen atoms in total. The SMILES string of the molecule is CCOC1=C2C(=O)[C@](C)(CC/C(C)=C/CC/C=C/C2O[Si](C)(C)C(C)(C)C)[C@H](C)C1. The molecule has 0 aromatic heterocycles. The van der Waals surface area contributed by atoms with Gasteiger partial charge in [-0.15, -0.1) is 0 Å². The van der Waals surface area contributed by atoms with Gasteiger partial charge in [-0.1, -0.05) is 58.4 Å². The molecule has 2 aliphatic rings. The van der Waals surface area contributed by atoms with Crippen LogP contribution in [0.25, 0.3) is 0 Å². The molecule has 2 aliphatic carbocycles. The quantitative estimate of drug-likeness (QED) is 0.344. The summed E-state index contributed by atoms with van der Waals surface area (Å²) in [7, 11) is -2.08. The van der Waals surface area contributed by atoms with Crippen LogP contribution in [-0.2, 0) is 14.0 Å². The third-order valence-corrected chi connectivity index (χ3v) is 12.1. The number of carbonyl (C=O) groups is 1. The molecule has 2 bridgehead atoms. The standard InChI is InChI=1S/C26H44O3Si/c1-10-28-22-18-20(3)26(7)17-16-19(2)14-12-11-13-15-21(23(22)24(26)27)29-30(8,9)25(4,5)6/h13-15,20-21H,10-12,16-18H2,1-9H3/b15-13+,19-14+/t20-,21?,26-/m1/s1. The van der Waals surface area contributed by atoms with Gasteiger partial charge in [0.2, 0.25) is 0 Å². The van der Waals surface area contributed by atoms with Crippen LogP contribution < -0.4 is 0 Å². The predicted octanol–water partition coefficient (Wildman–Crippen LogP) is 7.36. The van der Waals surface area contributed by atoms with E-state index in [0.717, 1.165) is 43.4 Å². The van der Waals surface area contributed by atoms with Gasteiger partial charge in [-0.2, -0.15) is 0 Å². The summed E-state index contributed by atoms with van der Waals surface area (Å²) in [4.78, 5) is 14.1. The van der Waals surface area contributed by atoms with E-state index in [0.29, 0.717) is 6.61 Å². The molecule has 0 aromatic carbocycles. The number of rotatable bonds is 4. The van der Waals surface area contributed by atoms with Crippen LogP contribution in [0.5, 0.6) is 0 Å². The van der Waals surface area contributed by atoms with Gasteiger partial charge in [0.25, 0.3) is 0 Å². The molecule has 0 saturated carbocycles. The number of Topliss-reactive ketones (excluding diaryl/α,β-unsaturated/α-hetero) is 1. The minimum absolute atomic E-state index is 0.0744. The Morgan fingerprint density at radius 3 is 2.50 bits per heavy atom. The fourth-order valence-electron chi connectivity index (χ4n) is 4.12. The van der Waals surface area contributed by atoms with E-state index >= 15 is 0 Å². The molecule has 30 heavy (non-hydrogen) atoms. The molecule has 0 aliphatic heterocycles. The van der Waals surface area contributed by atoms with Gasteiger partial charge in [-0.3, -0.25) is 4.79 Å². The fourth-order valence-corrected chi connectivity index (χ4v) is 5.31. The first kappa shape index (κ1) is 25.1. The van der Waals surface area contributed by atoms with Gasteiger partial charge >= 0.3 is 0 Å². The van der Waals surface area contributed by atoms with Crippen molar-refractivity contribution in [3.63, 3.8) is 0 Å². The van der Waals surface area contributed by atoms with E-state index in [2.05, 4.69) is 72.9 Å². The highest BCUT2D eigenvalue weighted by Gasteiger charge is 2.49. The third kappa shape index (κ3) is 5.37. The zero-order valence-corrected chi connectivity index (χ0v) is 21.9. The van der Waals surface area contributed by atoms with E-state index in [9.17, 15) is 4.79 Å². The van der Waals surface area contributed by atoms with Crippen LogP contribution in [0, 0.1) is 11.3 Å². The van der Waals surface area contributed by atoms with Crippen LogP contribution in [0.4, 0.5) is 0 Å². The van der Waals surface area contributed by atoms with Gasteiger partial charge in [-0.05, 0) is 63.6 Å². The highest BCUT2D eigenvalue weighted by Crippen LogP contribution is 2.47. The van der Waals surface area contributed by atoms with Crippen molar-refractivity contribution in [1.29, 1.82) is 0 Å². The van der Waals surface area contributed by atoms with Crippen molar-refractivity contribution in [2.24, 2.45) is 11.3 Å². The lowest BCUT2D eigenvalue weighted by Gasteiger charge is -2.44. The second-order valence-corrected chi connectivity index (χ2v) is 15.7. The molecule has 170 valence electrons. The molecule has 0 heterocycles. The minimum atomic E-state index is -2.08. The Bertz CT molecular complexity index is 723. The molecule has 0 spiro atoms. The molecule has 0 radical (unpaired) electrons. The lowest BCUT2D eigenvalue weighted by molar-refractivity contribution is -0.129. The van der Waals surface area contributed by atoms with Crippen molar-refractivity contribution in [2.75, 3.05) is 6.61 Å². The Kier molecular flexibility index (Phi) is 8.01. The first-order valence-corrected chi connectivity index (χ1v) is 14.6. The number of hydrogen-bond acceptors (Lipinski definition) is 3. The van der Waals surface area contributed by atoms with Crippen LogP contribution in [0.2, 0.25) is 18.1 Å². The third-order valence-electron chi connectivity index (χ3n) is 7.65. The monoisotopic (exact) mass is 432 g/mol. The second kappa shape index (κ2) is 9.56. The van der Waals surface area contributed by atoms with E-state index in [-0.39, 0.29) is 28.3 Å². The second-order valence-electron chi connectivity index (χ2n) is 11.0. The highest BCUT2D eigenvalue weighted by molar-refractivity contribution is 6.74. The summed E-state index contributed by atoms with van der Waals surface area (Å²) in [6, 6.07) is 0. The molecular weight excluding hydrogens is 388 g/mol. The van der Waals surface area contributed by atoms with Crippen LogP contribution in [0.15, 0.2) is 35.1 Å². The Morgan fingerprint density at radius 2 is 1.90 bits per heavy atom. The maximum atomic E-state index is 14.1. The van der Waals surface area contributed by atoms with Crippen molar-refractivity contribution in [3.05, 3.63) is 35.1 Å². The number of hydrogen-bond donors (Lipinski definition) is 0. The van der Waals surface area contributed by atoms with Gasteiger partial charge in [-0.25, -0.2) is 0 Å².